The smallest absolute Gasteiger partial charge is 0.459 e. The van der Waals surface area contributed by atoms with Gasteiger partial charge in [0, 0.05) is 12.5 Å². The number of nitrogen functional groups attached to an aromatic ring is 1. The summed E-state index contributed by atoms with van der Waals surface area (Å²) in [4.78, 5) is 24.9. The first kappa shape index (κ1) is 30.4. The van der Waals surface area contributed by atoms with Crippen molar-refractivity contribution in [3.05, 3.63) is 55.1 Å². The number of nitrogens with one attached hydrogen (secondary N) is 1. The fourth-order valence-electron chi connectivity index (χ4n) is 4.60. The molecule has 1 aliphatic rings. The lowest BCUT2D eigenvalue weighted by Gasteiger charge is -2.29. The van der Waals surface area contributed by atoms with Crippen molar-refractivity contribution in [2.24, 2.45) is 0 Å². The van der Waals surface area contributed by atoms with Gasteiger partial charge in [-0.15, -0.1) is 0 Å². The molecule has 3 atom stereocenters. The summed E-state index contributed by atoms with van der Waals surface area (Å²) in [6, 6.07) is 13.0. The van der Waals surface area contributed by atoms with Crippen molar-refractivity contribution in [3.8, 4) is 5.75 Å². The van der Waals surface area contributed by atoms with Crippen LogP contribution < -0.4 is 15.3 Å². The Morgan fingerprint density at radius 3 is 2.66 bits per heavy atom. The van der Waals surface area contributed by atoms with Crippen LogP contribution in [0, 0.1) is 0 Å². The topological polar surface area (TPSA) is 173 Å². The normalized spacial score (nSPS) is 18.5. The Kier molecular flexibility index (Phi) is 9.57. The molecule has 13 nitrogen and oxygen atoms in total. The summed E-state index contributed by atoms with van der Waals surface area (Å²) in [6.07, 6.45) is 4.03. The van der Waals surface area contributed by atoms with Crippen molar-refractivity contribution in [1.82, 2.24) is 24.6 Å². The van der Waals surface area contributed by atoms with E-state index in [1.165, 1.54) is 13.4 Å². The monoisotopic (exact) mass is 586 g/mol. The predicted molar refractivity (Wildman–Crippen MR) is 153 cm³/mol. The zero-order valence-electron chi connectivity index (χ0n) is 23.4. The van der Waals surface area contributed by atoms with Crippen LogP contribution in [-0.4, -0.2) is 69.2 Å². The van der Waals surface area contributed by atoms with E-state index in [0.29, 0.717) is 35.7 Å². The van der Waals surface area contributed by atoms with E-state index in [9.17, 15) is 9.36 Å². The quantitative estimate of drug-likeness (QED) is 0.183. The van der Waals surface area contributed by atoms with Crippen molar-refractivity contribution in [3.63, 3.8) is 0 Å². The number of carbonyl (C=O) groups excluding carboxylic acids is 1. The van der Waals surface area contributed by atoms with Gasteiger partial charge in [0.2, 0.25) is 0 Å². The molecule has 0 amide bonds. The van der Waals surface area contributed by atoms with E-state index in [0.717, 1.165) is 24.3 Å². The lowest BCUT2D eigenvalue weighted by atomic mass is 10.1. The van der Waals surface area contributed by atoms with Gasteiger partial charge in [-0.3, -0.25) is 9.32 Å². The third-order valence-electron chi connectivity index (χ3n) is 6.54. The van der Waals surface area contributed by atoms with Crippen LogP contribution in [0.1, 0.15) is 26.7 Å². The van der Waals surface area contributed by atoms with E-state index < -0.39 is 19.3 Å². The van der Waals surface area contributed by atoms with Crippen molar-refractivity contribution in [2.45, 2.75) is 51.0 Å². The maximum Gasteiger partial charge on any atom is 0.459 e. The van der Waals surface area contributed by atoms with E-state index in [1.54, 1.807) is 32.3 Å². The van der Waals surface area contributed by atoms with Gasteiger partial charge < -0.3 is 29.4 Å². The maximum atomic E-state index is 14.1. The number of nitrogens with two attached hydrogens (primary N) is 1. The van der Waals surface area contributed by atoms with Crippen LogP contribution in [0.15, 0.2) is 55.1 Å². The number of carbonyl (C=O) groups is 1. The molecule has 0 spiro atoms. The summed E-state index contributed by atoms with van der Waals surface area (Å²) in [5.74, 6) is 0.0757. The van der Waals surface area contributed by atoms with Crippen molar-refractivity contribution in [1.29, 1.82) is 0 Å². The molecule has 220 valence electrons. The Labute approximate surface area is 237 Å². The van der Waals surface area contributed by atoms with E-state index in [4.69, 9.17) is 29.4 Å². The number of benzene rings is 2. The number of aliphatic hydroxyl groups excluding tert-OH is 1. The van der Waals surface area contributed by atoms with Gasteiger partial charge >= 0.3 is 13.7 Å². The largest absolute Gasteiger partial charge is 0.468 e. The molecule has 3 heterocycles. The Morgan fingerprint density at radius 1 is 1.15 bits per heavy atom. The van der Waals surface area contributed by atoms with Crippen LogP contribution in [0.2, 0.25) is 0 Å². The number of fused-ring (bicyclic) bond motifs is 2. The highest BCUT2D eigenvalue weighted by Gasteiger charge is 2.41. The van der Waals surface area contributed by atoms with Gasteiger partial charge in [0.1, 0.15) is 23.1 Å². The molecule has 0 saturated carbocycles. The predicted octanol–water partition coefficient (Wildman–Crippen LogP) is 3.46. The van der Waals surface area contributed by atoms with Gasteiger partial charge in [0.05, 0.1) is 38.8 Å². The molecular weight excluding hydrogens is 551 g/mol. The standard InChI is InChI=1S/C26H31N6O6P.CH4O/c1-26(2,25(33)35-3)31-39(34,38-21-10-6-8-17-7-4-5-9-20(17)21)36-14-19-12-11-18(37-19)13-32-16-30-22-23(27)28-15-29-24(22)32;1-2/h4-10,15-16,18-19H,11-14H2,1-3H3,(H,31,34)(H2,27,28,29);2H,1H3/t18-,19+,39?;/m1./s1. The minimum Gasteiger partial charge on any atom is -0.468 e. The third kappa shape index (κ3) is 7.00. The number of imidazole rings is 1. The number of rotatable bonds is 10. The lowest BCUT2D eigenvalue weighted by Crippen LogP contribution is -2.46. The molecule has 0 radical (unpaired) electrons. The first-order valence-corrected chi connectivity index (χ1v) is 14.5. The minimum atomic E-state index is -4.08. The second kappa shape index (κ2) is 12.9. The molecule has 0 aliphatic carbocycles. The number of nitrogens with zero attached hydrogens (tertiary/aromatic N) is 4. The van der Waals surface area contributed by atoms with E-state index in [1.807, 2.05) is 34.9 Å². The van der Waals surface area contributed by atoms with Gasteiger partial charge in [-0.25, -0.2) is 19.5 Å². The highest BCUT2D eigenvalue weighted by Crippen LogP contribution is 2.48. The molecule has 4 N–H and O–H groups in total. The van der Waals surface area contributed by atoms with Gasteiger partial charge in [-0.1, -0.05) is 36.4 Å². The van der Waals surface area contributed by atoms with Crippen molar-refractivity contribution >= 4 is 41.5 Å². The average Bonchev–Trinajstić information content (AvgIpc) is 3.60. The Morgan fingerprint density at radius 2 is 1.88 bits per heavy atom. The first-order chi connectivity index (χ1) is 19.7. The fraction of sp³-hybridized carbons (Fsp3) is 0.407. The summed E-state index contributed by atoms with van der Waals surface area (Å²) < 4.78 is 38.9. The number of ether oxygens (including phenoxy) is 2. The summed E-state index contributed by atoms with van der Waals surface area (Å²) in [5, 5.41) is 11.4. The molecule has 41 heavy (non-hydrogen) atoms. The van der Waals surface area contributed by atoms with Crippen molar-refractivity contribution in [2.75, 3.05) is 26.6 Å². The number of methoxy groups -OCH3 is 1. The summed E-state index contributed by atoms with van der Waals surface area (Å²) in [5.41, 5.74) is 5.72. The molecule has 1 aliphatic heterocycles. The summed E-state index contributed by atoms with van der Waals surface area (Å²) >= 11 is 0. The van der Waals surface area contributed by atoms with Gasteiger partial charge in [-0.05, 0) is 38.1 Å². The summed E-state index contributed by atoms with van der Waals surface area (Å²) in [7, 11) is -1.81. The SMILES string of the molecule is CO.COC(=O)C(C)(C)NP(=O)(OC[C@@H]1CC[C@H](Cn2cnc3c(N)ncnc32)O1)Oc1cccc2ccccc12. The number of esters is 1. The van der Waals surface area contributed by atoms with Crippen LogP contribution >= 0.6 is 7.75 Å². The molecule has 14 heteroatoms. The van der Waals surface area contributed by atoms with Crippen LogP contribution in [-0.2, 0) is 29.9 Å². The molecule has 4 aromatic rings. The number of hydrogen-bond donors (Lipinski definition) is 3. The molecule has 1 saturated heterocycles. The zero-order chi connectivity index (χ0) is 29.6. The highest BCUT2D eigenvalue weighted by atomic mass is 31.2. The van der Waals surface area contributed by atoms with Gasteiger partial charge in [0.25, 0.3) is 0 Å². The van der Waals surface area contributed by atoms with E-state index in [2.05, 4.69) is 20.0 Å². The molecule has 5 rings (SSSR count). The highest BCUT2D eigenvalue weighted by molar-refractivity contribution is 7.52. The number of anilines is 1. The molecule has 1 fully saturated rings. The maximum absolute atomic E-state index is 14.1. The van der Waals surface area contributed by atoms with Gasteiger partial charge in [-0.2, -0.15) is 5.09 Å². The zero-order valence-corrected chi connectivity index (χ0v) is 24.3. The molecular formula is C27H35N6O7P. The molecule has 2 aromatic carbocycles. The van der Waals surface area contributed by atoms with E-state index in [-0.39, 0.29) is 18.8 Å². The Bertz CT molecular complexity index is 1540. The van der Waals surface area contributed by atoms with E-state index >= 15 is 0 Å². The number of hydrogen-bond acceptors (Lipinski definition) is 11. The summed E-state index contributed by atoms with van der Waals surface area (Å²) in [6.45, 7) is 3.61. The van der Waals surface area contributed by atoms with Gasteiger partial charge in [0.15, 0.2) is 11.5 Å². The first-order valence-electron chi connectivity index (χ1n) is 13.0. The number of aliphatic hydroxyl groups is 1. The molecule has 1 unspecified atom stereocenters. The van der Waals surface area contributed by atoms with Crippen LogP contribution in [0.5, 0.6) is 5.75 Å². The Hall–Kier alpha value is -3.61. The second-order valence-corrected chi connectivity index (χ2v) is 11.5. The fourth-order valence-corrected chi connectivity index (χ4v) is 6.32. The number of aromatic nitrogens is 4. The third-order valence-corrected chi connectivity index (χ3v) is 8.29. The minimum absolute atomic E-state index is 0.0113. The van der Waals surface area contributed by atoms with Crippen molar-refractivity contribution < 1.29 is 33.0 Å². The Balaban J connectivity index is 0.00000189. The van der Waals surface area contributed by atoms with Crippen LogP contribution in [0.3, 0.4) is 0 Å². The second-order valence-electron chi connectivity index (χ2n) is 9.88. The van der Waals surface area contributed by atoms with Crippen LogP contribution in [0.25, 0.3) is 21.9 Å². The molecule has 0 bridgehead atoms. The molecule has 2 aromatic heterocycles. The average molecular weight is 587 g/mol. The lowest BCUT2D eigenvalue weighted by molar-refractivity contribution is -0.146. The van der Waals surface area contributed by atoms with Crippen LogP contribution in [0.4, 0.5) is 5.82 Å².